The summed E-state index contributed by atoms with van der Waals surface area (Å²) in [5.41, 5.74) is 0.464. The third kappa shape index (κ3) is 5.65. The van der Waals surface area contributed by atoms with Gasteiger partial charge in [0.25, 0.3) is 0 Å². The number of nitrogens with one attached hydrogen (secondary N) is 2. The first-order valence-corrected chi connectivity index (χ1v) is 8.88. The molecule has 0 aliphatic heterocycles. The zero-order valence-corrected chi connectivity index (χ0v) is 15.9. The van der Waals surface area contributed by atoms with E-state index in [-0.39, 0.29) is 5.69 Å². The third-order valence-corrected chi connectivity index (χ3v) is 4.20. The van der Waals surface area contributed by atoms with E-state index in [1.165, 1.54) is 6.07 Å². The molecule has 0 aromatic heterocycles. The molecule has 0 fully saturated rings. The molecule has 0 spiro atoms. The van der Waals surface area contributed by atoms with Crippen LogP contribution in [-0.2, 0) is 6.18 Å². The van der Waals surface area contributed by atoms with Crippen LogP contribution in [-0.4, -0.2) is 6.03 Å². The monoisotopic (exact) mass is 420 g/mol. The van der Waals surface area contributed by atoms with Gasteiger partial charge in [0.15, 0.2) is 0 Å². The molecule has 0 unspecified atom stereocenters. The van der Waals surface area contributed by atoms with Gasteiger partial charge in [-0.05, 0) is 67.1 Å². The van der Waals surface area contributed by atoms with Gasteiger partial charge >= 0.3 is 12.2 Å². The molecule has 2 N–H and O–H groups in total. The fourth-order valence-electron chi connectivity index (χ4n) is 2.53. The first-order valence-electron chi connectivity index (χ1n) is 8.50. The molecular formula is C21H16ClF3N2O2. The Hall–Kier alpha value is -3.19. The molecule has 0 aliphatic carbocycles. The molecular weight excluding hydrogens is 405 g/mol. The normalized spacial score (nSPS) is 11.1. The number of alkyl halides is 3. The van der Waals surface area contributed by atoms with Crippen molar-refractivity contribution in [1.82, 2.24) is 0 Å². The number of amides is 2. The Morgan fingerprint density at radius 2 is 1.55 bits per heavy atom. The number of benzene rings is 3. The van der Waals surface area contributed by atoms with E-state index < -0.39 is 22.8 Å². The van der Waals surface area contributed by atoms with Gasteiger partial charge in [0.2, 0.25) is 0 Å². The number of rotatable bonds is 4. The van der Waals surface area contributed by atoms with Gasteiger partial charge in [0.1, 0.15) is 11.5 Å². The number of carbonyl (C=O) groups is 1. The van der Waals surface area contributed by atoms with E-state index in [0.717, 1.165) is 17.7 Å². The zero-order chi connectivity index (χ0) is 21.0. The van der Waals surface area contributed by atoms with Gasteiger partial charge < -0.3 is 15.4 Å². The highest BCUT2D eigenvalue weighted by atomic mass is 35.5. The van der Waals surface area contributed by atoms with Crippen LogP contribution in [0.25, 0.3) is 0 Å². The second-order valence-corrected chi connectivity index (χ2v) is 6.62. The van der Waals surface area contributed by atoms with Crippen molar-refractivity contribution in [2.45, 2.75) is 13.1 Å². The van der Waals surface area contributed by atoms with E-state index in [9.17, 15) is 18.0 Å². The van der Waals surface area contributed by atoms with Crippen LogP contribution in [0.15, 0.2) is 66.7 Å². The summed E-state index contributed by atoms with van der Waals surface area (Å²) in [6.07, 6.45) is -4.61. The number of anilines is 2. The number of halogens is 4. The van der Waals surface area contributed by atoms with Gasteiger partial charge in [-0.1, -0.05) is 23.7 Å². The zero-order valence-electron chi connectivity index (χ0n) is 15.2. The number of aryl methyl sites for hydroxylation is 1. The van der Waals surface area contributed by atoms with Crippen molar-refractivity contribution in [2.75, 3.05) is 10.6 Å². The summed E-state index contributed by atoms with van der Waals surface area (Å²) in [5, 5.41) is 4.46. The molecule has 29 heavy (non-hydrogen) atoms. The maximum Gasteiger partial charge on any atom is 0.417 e. The van der Waals surface area contributed by atoms with Crippen molar-refractivity contribution >= 4 is 29.0 Å². The predicted octanol–water partition coefficient (Wildman–Crippen LogP) is 7.10. The number of urea groups is 1. The summed E-state index contributed by atoms with van der Waals surface area (Å²) >= 11 is 5.57. The minimum absolute atomic E-state index is 0.0291. The molecule has 3 aromatic carbocycles. The van der Waals surface area contributed by atoms with E-state index in [4.69, 9.17) is 16.3 Å². The first kappa shape index (κ1) is 20.5. The predicted molar refractivity (Wildman–Crippen MR) is 107 cm³/mol. The second-order valence-electron chi connectivity index (χ2n) is 6.21. The molecule has 4 nitrogen and oxygen atoms in total. The molecule has 0 saturated heterocycles. The minimum atomic E-state index is -4.61. The average Bonchev–Trinajstić information content (AvgIpc) is 2.64. The number of carbonyl (C=O) groups excluding carboxylic acids is 1. The van der Waals surface area contributed by atoms with Crippen LogP contribution in [0.3, 0.4) is 0 Å². The maximum atomic E-state index is 12.9. The van der Waals surface area contributed by atoms with E-state index >= 15 is 0 Å². The second kappa shape index (κ2) is 8.45. The summed E-state index contributed by atoms with van der Waals surface area (Å²) in [6, 6.07) is 16.6. The summed E-state index contributed by atoms with van der Waals surface area (Å²) in [5.74, 6) is 1.26. The Labute approximate surface area is 170 Å². The largest absolute Gasteiger partial charge is 0.457 e. The van der Waals surface area contributed by atoms with Crippen molar-refractivity contribution in [1.29, 1.82) is 0 Å². The third-order valence-electron chi connectivity index (χ3n) is 3.87. The molecule has 3 aromatic rings. The number of hydrogen-bond donors (Lipinski definition) is 2. The molecule has 0 bridgehead atoms. The molecule has 0 saturated carbocycles. The van der Waals surface area contributed by atoms with Crippen LogP contribution < -0.4 is 15.4 Å². The van der Waals surface area contributed by atoms with E-state index in [0.29, 0.717) is 17.2 Å². The van der Waals surface area contributed by atoms with Crippen LogP contribution in [0.4, 0.5) is 29.3 Å². The Bertz CT molecular complexity index is 1020. The SMILES string of the molecule is Cc1cccc(Oc2ccc(NC(=O)Nc3ccc(Cl)c(C(F)(F)F)c3)cc2)c1. The molecule has 2 amide bonds. The molecule has 0 aliphatic rings. The molecule has 0 heterocycles. The van der Waals surface area contributed by atoms with Gasteiger partial charge in [-0.3, -0.25) is 0 Å². The van der Waals surface area contributed by atoms with E-state index in [1.54, 1.807) is 24.3 Å². The minimum Gasteiger partial charge on any atom is -0.457 e. The lowest BCUT2D eigenvalue weighted by molar-refractivity contribution is -0.137. The quantitative estimate of drug-likeness (QED) is 0.472. The van der Waals surface area contributed by atoms with Crippen molar-refractivity contribution in [3.05, 3.63) is 82.9 Å². The van der Waals surface area contributed by atoms with Gasteiger partial charge in [0.05, 0.1) is 10.6 Å². The van der Waals surface area contributed by atoms with Crippen LogP contribution in [0, 0.1) is 6.92 Å². The molecule has 150 valence electrons. The molecule has 8 heteroatoms. The Morgan fingerprint density at radius 1 is 0.897 bits per heavy atom. The van der Waals surface area contributed by atoms with Crippen LogP contribution >= 0.6 is 11.6 Å². The van der Waals surface area contributed by atoms with Gasteiger partial charge in [-0.25, -0.2) is 4.79 Å². The number of ether oxygens (including phenoxy) is 1. The highest BCUT2D eigenvalue weighted by Gasteiger charge is 2.33. The molecule has 3 rings (SSSR count). The first-order chi connectivity index (χ1) is 13.7. The van der Waals surface area contributed by atoms with Crippen molar-refractivity contribution < 1.29 is 22.7 Å². The number of hydrogen-bond acceptors (Lipinski definition) is 2. The fraction of sp³-hybridized carbons (Fsp3) is 0.0952. The van der Waals surface area contributed by atoms with Gasteiger partial charge in [0, 0.05) is 11.4 Å². The fourth-order valence-corrected chi connectivity index (χ4v) is 2.76. The molecule has 0 radical (unpaired) electrons. The maximum absolute atomic E-state index is 12.9. The highest BCUT2D eigenvalue weighted by molar-refractivity contribution is 6.31. The Kier molecular flexibility index (Phi) is 5.98. The highest BCUT2D eigenvalue weighted by Crippen LogP contribution is 2.36. The van der Waals surface area contributed by atoms with E-state index in [2.05, 4.69) is 10.6 Å². The van der Waals surface area contributed by atoms with Crippen LogP contribution in [0.2, 0.25) is 5.02 Å². The van der Waals surface area contributed by atoms with Gasteiger partial charge in [-0.15, -0.1) is 0 Å². The topological polar surface area (TPSA) is 50.4 Å². The van der Waals surface area contributed by atoms with E-state index in [1.807, 2.05) is 31.2 Å². The summed E-state index contributed by atoms with van der Waals surface area (Å²) in [4.78, 5) is 12.1. The summed E-state index contributed by atoms with van der Waals surface area (Å²) in [7, 11) is 0. The lowest BCUT2D eigenvalue weighted by Crippen LogP contribution is -2.19. The van der Waals surface area contributed by atoms with Crippen molar-refractivity contribution in [2.24, 2.45) is 0 Å². The van der Waals surface area contributed by atoms with Crippen molar-refractivity contribution in [3.63, 3.8) is 0 Å². The van der Waals surface area contributed by atoms with Crippen molar-refractivity contribution in [3.8, 4) is 11.5 Å². The smallest absolute Gasteiger partial charge is 0.417 e. The standard InChI is InChI=1S/C21H16ClF3N2O2/c1-13-3-2-4-17(11-13)29-16-8-5-14(6-9-16)26-20(28)27-15-7-10-19(22)18(12-15)21(23,24)25/h2-12H,1H3,(H2,26,27,28). The molecule has 0 atom stereocenters. The lowest BCUT2D eigenvalue weighted by Gasteiger charge is -2.12. The average molecular weight is 421 g/mol. The van der Waals surface area contributed by atoms with Gasteiger partial charge in [-0.2, -0.15) is 13.2 Å². The Morgan fingerprint density at radius 3 is 2.21 bits per heavy atom. The summed E-state index contributed by atoms with van der Waals surface area (Å²) in [6.45, 7) is 1.96. The van der Waals surface area contributed by atoms with Crippen LogP contribution in [0.5, 0.6) is 11.5 Å². The Balaban J connectivity index is 1.62. The van der Waals surface area contributed by atoms with Crippen LogP contribution in [0.1, 0.15) is 11.1 Å². The lowest BCUT2D eigenvalue weighted by atomic mass is 10.2. The summed E-state index contributed by atoms with van der Waals surface area (Å²) < 4.78 is 44.4.